The molecule has 0 atom stereocenters. The van der Waals surface area contributed by atoms with Crippen molar-refractivity contribution in [1.29, 1.82) is 5.26 Å². The number of imidazole rings is 1. The number of hydrogen-bond acceptors (Lipinski definition) is 7. The fourth-order valence-electron chi connectivity index (χ4n) is 4.60. The Morgan fingerprint density at radius 2 is 1.87 bits per heavy atom. The van der Waals surface area contributed by atoms with Gasteiger partial charge in [-0.25, -0.2) is 15.0 Å². The lowest BCUT2D eigenvalue weighted by Gasteiger charge is -2.35. The van der Waals surface area contributed by atoms with Crippen molar-refractivity contribution >= 4 is 28.7 Å². The molecule has 4 aromatic rings. The highest BCUT2D eigenvalue weighted by Crippen LogP contribution is 2.26. The van der Waals surface area contributed by atoms with E-state index in [9.17, 15) is 23.2 Å². The highest BCUT2D eigenvalue weighted by molar-refractivity contribution is 5.84. The Labute approximate surface area is 222 Å². The minimum absolute atomic E-state index is 0.267. The Morgan fingerprint density at radius 3 is 2.62 bits per heavy atom. The van der Waals surface area contributed by atoms with E-state index in [0.29, 0.717) is 37.1 Å². The number of carbonyl (C=O) groups excluding carboxylic acids is 1. The number of piperazine rings is 1. The number of pyridine rings is 2. The third-order valence-corrected chi connectivity index (χ3v) is 6.44. The predicted octanol–water partition coefficient (Wildman–Crippen LogP) is 4.54. The van der Waals surface area contributed by atoms with Gasteiger partial charge >= 0.3 is 6.18 Å². The molecule has 0 spiro atoms. The van der Waals surface area contributed by atoms with E-state index in [4.69, 9.17) is 0 Å². The molecule has 1 aliphatic rings. The number of aromatic amines is 1. The molecule has 0 aliphatic carbocycles. The van der Waals surface area contributed by atoms with Crippen LogP contribution in [-0.2, 0) is 11.3 Å². The first-order valence-electron chi connectivity index (χ1n) is 12.3. The van der Waals surface area contributed by atoms with Crippen LogP contribution in [0.25, 0.3) is 22.2 Å². The standard InChI is InChI=1S/C27H25F3N8O/c1-17-10-20(12-21(15-31)33-17)19-2-3-22-23(13-19)35-26(34-22)36-24-11-18(4-5-32-24)16-37-6-8-38(9-7-37)25(39)14-27(28,29)30/h2-5,10-13H,6-9,14,16H2,1H3,(H2,32,34,35,36). The van der Waals surface area contributed by atoms with Gasteiger partial charge in [0.1, 0.15) is 24.0 Å². The number of halogens is 3. The third kappa shape index (κ3) is 6.50. The van der Waals surface area contributed by atoms with Gasteiger partial charge in [-0.15, -0.1) is 0 Å². The molecular weight excluding hydrogens is 509 g/mol. The van der Waals surface area contributed by atoms with Gasteiger partial charge in [-0.3, -0.25) is 9.69 Å². The molecule has 39 heavy (non-hydrogen) atoms. The average molecular weight is 535 g/mol. The van der Waals surface area contributed by atoms with Gasteiger partial charge in [0.05, 0.1) is 11.0 Å². The summed E-state index contributed by atoms with van der Waals surface area (Å²) in [6.07, 6.45) is -4.22. The summed E-state index contributed by atoms with van der Waals surface area (Å²) in [4.78, 5) is 31.6. The lowest BCUT2D eigenvalue weighted by molar-refractivity contribution is -0.162. The van der Waals surface area contributed by atoms with E-state index < -0.39 is 18.5 Å². The molecule has 4 heterocycles. The van der Waals surface area contributed by atoms with Crippen LogP contribution >= 0.6 is 0 Å². The van der Waals surface area contributed by atoms with Gasteiger partial charge in [-0.05, 0) is 60.0 Å². The molecule has 0 bridgehead atoms. The average Bonchev–Trinajstić information content (AvgIpc) is 3.29. The molecule has 2 N–H and O–H groups in total. The van der Waals surface area contributed by atoms with Gasteiger partial charge in [0.2, 0.25) is 11.9 Å². The zero-order chi connectivity index (χ0) is 27.6. The van der Waals surface area contributed by atoms with E-state index in [1.165, 1.54) is 4.90 Å². The van der Waals surface area contributed by atoms with Crippen LogP contribution in [0.3, 0.4) is 0 Å². The minimum Gasteiger partial charge on any atom is -0.340 e. The van der Waals surface area contributed by atoms with Crippen LogP contribution in [0, 0.1) is 18.3 Å². The molecule has 12 heteroatoms. The molecule has 1 saturated heterocycles. The number of aromatic nitrogens is 4. The summed E-state index contributed by atoms with van der Waals surface area (Å²) < 4.78 is 37.6. The quantitative estimate of drug-likeness (QED) is 0.373. The van der Waals surface area contributed by atoms with Crippen molar-refractivity contribution in [2.75, 3.05) is 31.5 Å². The number of H-pyrrole nitrogens is 1. The number of hydrogen-bond donors (Lipinski definition) is 2. The summed E-state index contributed by atoms with van der Waals surface area (Å²) in [6.45, 7) is 3.95. The van der Waals surface area contributed by atoms with Gasteiger partial charge < -0.3 is 15.2 Å². The van der Waals surface area contributed by atoms with E-state index in [2.05, 4.69) is 36.2 Å². The second-order valence-corrected chi connectivity index (χ2v) is 9.43. The molecule has 1 aromatic carbocycles. The van der Waals surface area contributed by atoms with Crippen LogP contribution in [0.5, 0.6) is 0 Å². The van der Waals surface area contributed by atoms with Crippen molar-refractivity contribution in [2.45, 2.75) is 26.1 Å². The fraction of sp³-hybridized carbons (Fsp3) is 0.296. The zero-order valence-corrected chi connectivity index (χ0v) is 21.1. The SMILES string of the molecule is Cc1cc(-c2ccc3nc(Nc4cc(CN5CCN(C(=O)CC(F)(F)F)CC5)ccn4)[nH]c3c2)cc(C#N)n1. The molecule has 0 radical (unpaired) electrons. The predicted molar refractivity (Wildman–Crippen MR) is 139 cm³/mol. The Hall–Kier alpha value is -4.50. The number of rotatable bonds is 6. The smallest absolute Gasteiger partial charge is 0.340 e. The second kappa shape index (κ2) is 10.7. The van der Waals surface area contributed by atoms with Crippen molar-refractivity contribution in [3.05, 3.63) is 65.6 Å². The maximum Gasteiger partial charge on any atom is 0.397 e. The third-order valence-electron chi connectivity index (χ3n) is 6.44. The Bertz CT molecular complexity index is 1550. The Balaban J connectivity index is 1.23. The summed E-state index contributed by atoms with van der Waals surface area (Å²) in [5.41, 5.74) is 5.50. The molecule has 200 valence electrons. The molecule has 0 saturated carbocycles. The molecule has 3 aromatic heterocycles. The summed E-state index contributed by atoms with van der Waals surface area (Å²) in [5.74, 6) is 0.236. The molecule has 1 fully saturated rings. The van der Waals surface area contributed by atoms with Crippen molar-refractivity contribution in [3.8, 4) is 17.2 Å². The lowest BCUT2D eigenvalue weighted by Crippen LogP contribution is -2.49. The number of amides is 1. The molecule has 5 rings (SSSR count). The number of nitrogens with zero attached hydrogens (tertiary/aromatic N) is 6. The van der Waals surface area contributed by atoms with E-state index in [0.717, 1.165) is 33.4 Å². The highest BCUT2D eigenvalue weighted by atomic mass is 19.4. The van der Waals surface area contributed by atoms with Gasteiger partial charge in [0.15, 0.2) is 0 Å². The van der Waals surface area contributed by atoms with Crippen molar-refractivity contribution in [3.63, 3.8) is 0 Å². The van der Waals surface area contributed by atoms with Crippen molar-refractivity contribution < 1.29 is 18.0 Å². The maximum atomic E-state index is 12.5. The van der Waals surface area contributed by atoms with E-state index in [1.807, 2.05) is 43.3 Å². The first-order chi connectivity index (χ1) is 18.6. The van der Waals surface area contributed by atoms with Crippen LogP contribution in [0.1, 0.15) is 23.4 Å². The lowest BCUT2D eigenvalue weighted by atomic mass is 10.0. The van der Waals surface area contributed by atoms with E-state index in [-0.39, 0.29) is 13.1 Å². The van der Waals surface area contributed by atoms with Crippen LogP contribution in [0.15, 0.2) is 48.7 Å². The summed E-state index contributed by atoms with van der Waals surface area (Å²) >= 11 is 0. The van der Waals surface area contributed by atoms with Gasteiger partial charge in [0, 0.05) is 44.6 Å². The van der Waals surface area contributed by atoms with Crippen LogP contribution < -0.4 is 5.32 Å². The largest absolute Gasteiger partial charge is 0.397 e. The first kappa shape index (κ1) is 26.1. The number of nitrogens with one attached hydrogen (secondary N) is 2. The second-order valence-electron chi connectivity index (χ2n) is 9.43. The van der Waals surface area contributed by atoms with Gasteiger partial charge in [-0.1, -0.05) is 6.07 Å². The minimum atomic E-state index is -4.49. The first-order valence-corrected chi connectivity index (χ1v) is 12.3. The molecular formula is C27H25F3N8O. The summed E-state index contributed by atoms with van der Waals surface area (Å²) in [5, 5.41) is 12.4. The molecule has 1 aliphatic heterocycles. The van der Waals surface area contributed by atoms with Crippen LogP contribution in [0.2, 0.25) is 0 Å². The molecule has 1 amide bonds. The number of aryl methyl sites for hydroxylation is 1. The molecule has 9 nitrogen and oxygen atoms in total. The van der Waals surface area contributed by atoms with Crippen molar-refractivity contribution in [1.82, 2.24) is 29.7 Å². The number of nitriles is 1. The normalized spacial score (nSPS) is 14.4. The Kier molecular flexibility index (Phi) is 7.17. The van der Waals surface area contributed by atoms with E-state index >= 15 is 0 Å². The zero-order valence-electron chi connectivity index (χ0n) is 21.1. The number of carbonyl (C=O) groups is 1. The van der Waals surface area contributed by atoms with Gasteiger partial charge in [-0.2, -0.15) is 18.4 Å². The molecule has 0 unspecified atom stereocenters. The topological polar surface area (TPSA) is 114 Å². The van der Waals surface area contributed by atoms with Crippen LogP contribution in [-0.4, -0.2) is 68.0 Å². The van der Waals surface area contributed by atoms with E-state index in [1.54, 1.807) is 12.3 Å². The number of alkyl halides is 3. The fourth-order valence-corrected chi connectivity index (χ4v) is 4.60. The Morgan fingerprint density at radius 1 is 1.08 bits per heavy atom. The summed E-state index contributed by atoms with van der Waals surface area (Å²) in [6, 6.07) is 15.3. The highest BCUT2D eigenvalue weighted by Gasteiger charge is 2.34. The number of anilines is 2. The van der Waals surface area contributed by atoms with Gasteiger partial charge in [0.25, 0.3) is 0 Å². The monoisotopic (exact) mass is 534 g/mol. The van der Waals surface area contributed by atoms with Crippen LogP contribution in [0.4, 0.5) is 24.9 Å². The summed E-state index contributed by atoms with van der Waals surface area (Å²) in [7, 11) is 0. The number of benzene rings is 1. The van der Waals surface area contributed by atoms with Crippen molar-refractivity contribution in [2.24, 2.45) is 0 Å². The number of fused-ring (bicyclic) bond motifs is 1. The maximum absolute atomic E-state index is 12.5.